The van der Waals surface area contributed by atoms with Crippen molar-refractivity contribution in [2.45, 2.75) is 52.1 Å². The highest BCUT2D eigenvalue weighted by Crippen LogP contribution is 2.22. The van der Waals surface area contributed by atoms with Gasteiger partial charge in [-0.2, -0.15) is 0 Å². The Kier molecular flexibility index (Phi) is 5.41. The quantitative estimate of drug-likeness (QED) is 0.842. The van der Waals surface area contributed by atoms with Crippen molar-refractivity contribution >= 4 is 0 Å². The minimum Gasteiger partial charge on any atom is -0.313 e. The van der Waals surface area contributed by atoms with Gasteiger partial charge in [0.1, 0.15) is 0 Å². The lowest BCUT2D eigenvalue weighted by molar-refractivity contribution is 0.192. The van der Waals surface area contributed by atoms with E-state index in [9.17, 15) is 0 Å². The number of nitrogens with zero attached hydrogens (tertiary/aromatic N) is 1. The maximum atomic E-state index is 3.62. The highest BCUT2D eigenvalue weighted by atomic mass is 15.2. The van der Waals surface area contributed by atoms with Gasteiger partial charge in [0.15, 0.2) is 0 Å². The normalized spacial score (nSPS) is 20.9. The third kappa shape index (κ3) is 4.05. The molecule has 1 aliphatic rings. The summed E-state index contributed by atoms with van der Waals surface area (Å²) in [4.78, 5) is 2.64. The zero-order valence-corrected chi connectivity index (χ0v) is 12.7. The molecule has 0 bridgehead atoms. The summed E-state index contributed by atoms with van der Waals surface area (Å²) in [6.07, 6.45) is 3.90. The number of nitrogens with one attached hydrogen (secondary N) is 1. The molecule has 2 rings (SSSR count). The van der Waals surface area contributed by atoms with E-state index < -0.39 is 0 Å². The molecule has 19 heavy (non-hydrogen) atoms. The first-order valence-electron chi connectivity index (χ1n) is 7.74. The van der Waals surface area contributed by atoms with Crippen molar-refractivity contribution in [2.24, 2.45) is 0 Å². The van der Waals surface area contributed by atoms with E-state index in [0.29, 0.717) is 12.1 Å². The van der Waals surface area contributed by atoms with Crippen LogP contribution in [0.25, 0.3) is 0 Å². The van der Waals surface area contributed by atoms with Crippen LogP contribution in [0.2, 0.25) is 0 Å². The lowest BCUT2D eigenvalue weighted by atomic mass is 10.0. The average molecular weight is 260 g/mol. The van der Waals surface area contributed by atoms with Gasteiger partial charge in [-0.3, -0.25) is 4.90 Å². The highest BCUT2D eigenvalue weighted by molar-refractivity contribution is 5.24. The molecule has 0 radical (unpaired) electrons. The van der Waals surface area contributed by atoms with Gasteiger partial charge in [-0.05, 0) is 51.8 Å². The van der Waals surface area contributed by atoms with Crippen LogP contribution in [-0.2, 0) is 0 Å². The van der Waals surface area contributed by atoms with Gasteiger partial charge in [0.25, 0.3) is 0 Å². The van der Waals surface area contributed by atoms with Crippen molar-refractivity contribution in [3.8, 4) is 0 Å². The van der Waals surface area contributed by atoms with Crippen LogP contribution in [0.4, 0.5) is 0 Å². The van der Waals surface area contributed by atoms with E-state index in [0.717, 1.165) is 0 Å². The Morgan fingerprint density at radius 1 is 1.42 bits per heavy atom. The fourth-order valence-corrected chi connectivity index (χ4v) is 3.07. The fourth-order valence-electron chi connectivity index (χ4n) is 3.07. The molecular weight excluding hydrogens is 232 g/mol. The Balaban J connectivity index is 2.04. The van der Waals surface area contributed by atoms with Gasteiger partial charge in [0.2, 0.25) is 0 Å². The summed E-state index contributed by atoms with van der Waals surface area (Å²) in [5, 5.41) is 3.62. The van der Waals surface area contributed by atoms with Crippen LogP contribution in [0.15, 0.2) is 24.3 Å². The van der Waals surface area contributed by atoms with Gasteiger partial charge in [-0.15, -0.1) is 0 Å². The van der Waals surface area contributed by atoms with Crippen molar-refractivity contribution in [1.29, 1.82) is 0 Å². The third-order valence-electron chi connectivity index (χ3n) is 4.20. The lowest BCUT2D eigenvalue weighted by Gasteiger charge is -2.31. The summed E-state index contributed by atoms with van der Waals surface area (Å²) < 4.78 is 0. The third-order valence-corrected chi connectivity index (χ3v) is 4.20. The van der Waals surface area contributed by atoms with Crippen molar-refractivity contribution in [3.05, 3.63) is 35.4 Å². The minimum atomic E-state index is 0.516. The van der Waals surface area contributed by atoms with Crippen molar-refractivity contribution in [3.63, 3.8) is 0 Å². The average Bonchev–Trinajstić information content (AvgIpc) is 2.90. The Morgan fingerprint density at radius 2 is 2.26 bits per heavy atom. The number of hydrogen-bond acceptors (Lipinski definition) is 2. The van der Waals surface area contributed by atoms with E-state index >= 15 is 0 Å². The van der Waals surface area contributed by atoms with E-state index in [1.54, 1.807) is 0 Å². The zero-order valence-electron chi connectivity index (χ0n) is 12.7. The molecule has 106 valence electrons. The Bertz CT molecular complexity index is 383. The number of hydrogen-bond donors (Lipinski definition) is 1. The maximum Gasteiger partial charge on any atom is 0.0320 e. The van der Waals surface area contributed by atoms with Gasteiger partial charge in [-0.25, -0.2) is 0 Å². The Morgan fingerprint density at radius 3 is 2.89 bits per heavy atom. The molecule has 0 amide bonds. The van der Waals surface area contributed by atoms with Crippen molar-refractivity contribution in [1.82, 2.24) is 10.2 Å². The van der Waals surface area contributed by atoms with Gasteiger partial charge in [0, 0.05) is 18.6 Å². The second-order valence-corrected chi connectivity index (χ2v) is 5.88. The van der Waals surface area contributed by atoms with Crippen LogP contribution in [0.1, 0.15) is 50.3 Å². The van der Waals surface area contributed by atoms with Gasteiger partial charge in [0.05, 0.1) is 0 Å². The fraction of sp³-hybridized carbons (Fsp3) is 0.647. The number of benzene rings is 1. The molecule has 1 fully saturated rings. The molecule has 1 aromatic carbocycles. The summed E-state index contributed by atoms with van der Waals surface area (Å²) in [7, 11) is 0. The molecule has 2 heteroatoms. The van der Waals surface area contributed by atoms with Crippen molar-refractivity contribution in [2.75, 3.05) is 19.6 Å². The molecule has 2 atom stereocenters. The van der Waals surface area contributed by atoms with E-state index in [2.05, 4.69) is 55.3 Å². The molecule has 1 aliphatic heterocycles. The lowest BCUT2D eigenvalue weighted by Crippen LogP contribution is -2.39. The second kappa shape index (κ2) is 7.06. The van der Waals surface area contributed by atoms with Crippen LogP contribution in [0, 0.1) is 6.92 Å². The highest BCUT2D eigenvalue weighted by Gasteiger charge is 2.21. The van der Waals surface area contributed by atoms with E-state index in [-0.39, 0.29) is 0 Å². The number of rotatable bonds is 6. The predicted octanol–water partition coefficient (Wildman–Crippen LogP) is 3.52. The van der Waals surface area contributed by atoms with E-state index in [1.807, 2.05) is 0 Å². The monoisotopic (exact) mass is 260 g/mol. The predicted molar refractivity (Wildman–Crippen MR) is 82.5 cm³/mol. The molecule has 2 nitrogen and oxygen atoms in total. The smallest absolute Gasteiger partial charge is 0.0320 e. The summed E-state index contributed by atoms with van der Waals surface area (Å²) in [5.74, 6) is 0. The molecule has 0 saturated carbocycles. The summed E-state index contributed by atoms with van der Waals surface area (Å²) in [6, 6.07) is 10.2. The Labute approximate surface area is 118 Å². The van der Waals surface area contributed by atoms with Crippen LogP contribution in [0.5, 0.6) is 0 Å². The standard InChI is InChI=1S/C17H28N2/c1-4-11-19(13-17-9-6-10-18-17)15(3)16-8-5-7-14(2)12-16/h5,7-8,12,15,17-18H,4,6,9-11,13H2,1-3H3. The van der Waals surface area contributed by atoms with Crippen LogP contribution < -0.4 is 5.32 Å². The maximum absolute atomic E-state index is 3.62. The van der Waals surface area contributed by atoms with Crippen LogP contribution in [0.3, 0.4) is 0 Å². The first-order chi connectivity index (χ1) is 9.20. The SMILES string of the molecule is CCCN(CC1CCCN1)C(C)c1cccc(C)c1. The summed E-state index contributed by atoms with van der Waals surface area (Å²) in [5.41, 5.74) is 2.81. The van der Waals surface area contributed by atoms with Crippen LogP contribution in [-0.4, -0.2) is 30.6 Å². The number of aryl methyl sites for hydroxylation is 1. The molecule has 1 heterocycles. The topological polar surface area (TPSA) is 15.3 Å². The van der Waals surface area contributed by atoms with Gasteiger partial charge < -0.3 is 5.32 Å². The molecule has 1 saturated heterocycles. The molecule has 0 aromatic heterocycles. The van der Waals surface area contributed by atoms with Crippen molar-refractivity contribution < 1.29 is 0 Å². The summed E-state index contributed by atoms with van der Waals surface area (Å²) in [6.45, 7) is 10.4. The first kappa shape index (κ1) is 14.5. The van der Waals surface area contributed by atoms with Gasteiger partial charge in [-0.1, -0.05) is 36.8 Å². The van der Waals surface area contributed by atoms with E-state index in [1.165, 1.54) is 50.0 Å². The molecule has 0 aliphatic carbocycles. The minimum absolute atomic E-state index is 0.516. The molecule has 0 spiro atoms. The second-order valence-electron chi connectivity index (χ2n) is 5.88. The largest absolute Gasteiger partial charge is 0.313 e. The van der Waals surface area contributed by atoms with E-state index in [4.69, 9.17) is 0 Å². The molecule has 1 N–H and O–H groups in total. The van der Waals surface area contributed by atoms with Crippen LogP contribution >= 0.6 is 0 Å². The Hall–Kier alpha value is -0.860. The van der Waals surface area contributed by atoms with Gasteiger partial charge >= 0.3 is 0 Å². The molecule has 2 unspecified atom stereocenters. The molecule has 1 aromatic rings. The first-order valence-corrected chi connectivity index (χ1v) is 7.74. The zero-order chi connectivity index (χ0) is 13.7. The molecular formula is C17H28N2. The summed E-state index contributed by atoms with van der Waals surface area (Å²) >= 11 is 0.